The third-order valence-electron chi connectivity index (χ3n) is 2.20. The number of Topliss-reactive ketones (excluding diaryl/α,β-unsaturated/α-hetero) is 1. The second kappa shape index (κ2) is 7.74. The van der Waals surface area contributed by atoms with E-state index in [2.05, 4.69) is 13.5 Å². The molecular formula is C12H22O2. The first-order valence-corrected chi connectivity index (χ1v) is 5.46. The molecule has 0 saturated heterocycles. The number of hydrogen-bond donors (Lipinski definition) is 0. The molecule has 0 aromatic heterocycles. The van der Waals surface area contributed by atoms with E-state index < -0.39 is 0 Å². The highest BCUT2D eigenvalue weighted by molar-refractivity contribution is 5.85. The van der Waals surface area contributed by atoms with Crippen LogP contribution in [0.4, 0.5) is 0 Å². The molecule has 0 N–H and O–H groups in total. The Kier molecular flexibility index (Phi) is 7.40. The first-order chi connectivity index (χ1) is 6.65. The van der Waals surface area contributed by atoms with Crippen LogP contribution >= 0.6 is 0 Å². The van der Waals surface area contributed by atoms with Crippen LogP contribution in [0.3, 0.4) is 0 Å². The maximum atomic E-state index is 11.7. The monoisotopic (exact) mass is 198 g/mol. The van der Waals surface area contributed by atoms with E-state index >= 15 is 0 Å². The van der Waals surface area contributed by atoms with Crippen molar-refractivity contribution in [2.24, 2.45) is 0 Å². The van der Waals surface area contributed by atoms with Gasteiger partial charge < -0.3 is 4.74 Å². The van der Waals surface area contributed by atoms with E-state index in [0.717, 1.165) is 24.8 Å². The number of ether oxygens (including phenoxy) is 1. The summed E-state index contributed by atoms with van der Waals surface area (Å²) in [5.41, 5.74) is 0.996. The van der Waals surface area contributed by atoms with E-state index in [1.165, 1.54) is 0 Å². The third kappa shape index (κ3) is 5.18. The van der Waals surface area contributed by atoms with Crippen LogP contribution in [0.5, 0.6) is 0 Å². The van der Waals surface area contributed by atoms with Crippen LogP contribution in [0.2, 0.25) is 0 Å². The van der Waals surface area contributed by atoms with Crippen molar-refractivity contribution in [1.29, 1.82) is 0 Å². The Labute approximate surface area is 87.3 Å². The zero-order valence-corrected chi connectivity index (χ0v) is 9.64. The first-order valence-electron chi connectivity index (χ1n) is 5.46. The summed E-state index contributed by atoms with van der Waals surface area (Å²) in [5.74, 6) is 0.181. The average molecular weight is 198 g/mol. The van der Waals surface area contributed by atoms with Gasteiger partial charge in [0.1, 0.15) is 6.10 Å². The summed E-state index contributed by atoms with van der Waals surface area (Å²) in [6.45, 7) is 10.4. The highest BCUT2D eigenvalue weighted by atomic mass is 16.5. The van der Waals surface area contributed by atoms with Crippen molar-refractivity contribution in [2.45, 2.75) is 52.6 Å². The van der Waals surface area contributed by atoms with Gasteiger partial charge in [0.25, 0.3) is 0 Å². The zero-order chi connectivity index (χ0) is 11.0. The van der Waals surface area contributed by atoms with Gasteiger partial charge in [0.05, 0.1) is 0 Å². The molecule has 0 bridgehead atoms. The molecule has 1 unspecified atom stereocenters. The van der Waals surface area contributed by atoms with Crippen molar-refractivity contribution in [3.63, 3.8) is 0 Å². The highest BCUT2D eigenvalue weighted by Crippen LogP contribution is 2.11. The van der Waals surface area contributed by atoms with E-state index in [1.54, 1.807) is 0 Å². The maximum Gasteiger partial charge on any atom is 0.165 e. The van der Waals surface area contributed by atoms with Gasteiger partial charge in [0.2, 0.25) is 0 Å². The summed E-state index contributed by atoms with van der Waals surface area (Å²) < 4.78 is 5.40. The van der Waals surface area contributed by atoms with E-state index in [0.29, 0.717) is 13.0 Å². The van der Waals surface area contributed by atoms with Crippen LogP contribution in [0, 0.1) is 0 Å². The first kappa shape index (κ1) is 13.4. The molecule has 82 valence electrons. The predicted molar refractivity (Wildman–Crippen MR) is 59.4 cm³/mol. The molecule has 0 aromatic carbocycles. The van der Waals surface area contributed by atoms with Crippen LogP contribution in [0.15, 0.2) is 12.2 Å². The Morgan fingerprint density at radius 1 is 1.36 bits per heavy atom. The van der Waals surface area contributed by atoms with Gasteiger partial charge in [0, 0.05) is 13.0 Å². The molecule has 2 heteroatoms. The molecule has 0 radical (unpaired) electrons. The lowest BCUT2D eigenvalue weighted by molar-refractivity contribution is -0.130. The fraction of sp³-hybridized carbons (Fsp3) is 0.750. The van der Waals surface area contributed by atoms with Gasteiger partial charge in [-0.15, -0.1) is 0 Å². The van der Waals surface area contributed by atoms with E-state index in [9.17, 15) is 4.79 Å². The number of rotatable bonds is 8. The van der Waals surface area contributed by atoms with Gasteiger partial charge in [0.15, 0.2) is 5.78 Å². The topological polar surface area (TPSA) is 26.3 Å². The second-order valence-electron chi connectivity index (χ2n) is 3.48. The van der Waals surface area contributed by atoms with Gasteiger partial charge >= 0.3 is 0 Å². The van der Waals surface area contributed by atoms with Crippen molar-refractivity contribution >= 4 is 5.78 Å². The van der Waals surface area contributed by atoms with Gasteiger partial charge in [-0.25, -0.2) is 0 Å². The van der Waals surface area contributed by atoms with Gasteiger partial charge in [-0.2, -0.15) is 0 Å². The van der Waals surface area contributed by atoms with Crippen molar-refractivity contribution in [2.75, 3.05) is 6.61 Å². The lowest BCUT2D eigenvalue weighted by atomic mass is 10.0. The molecule has 2 nitrogen and oxygen atoms in total. The molecule has 0 rings (SSSR count). The number of hydrogen-bond acceptors (Lipinski definition) is 2. The summed E-state index contributed by atoms with van der Waals surface area (Å²) >= 11 is 0. The number of allylic oxidation sites excluding steroid dienone is 1. The van der Waals surface area contributed by atoms with Crippen LogP contribution < -0.4 is 0 Å². The Bertz CT molecular complexity index is 179. The molecular weight excluding hydrogens is 176 g/mol. The maximum absolute atomic E-state index is 11.7. The van der Waals surface area contributed by atoms with Crippen LogP contribution in [-0.4, -0.2) is 18.5 Å². The summed E-state index contributed by atoms with van der Waals surface area (Å²) in [5, 5.41) is 0. The molecule has 14 heavy (non-hydrogen) atoms. The van der Waals surface area contributed by atoms with Gasteiger partial charge in [-0.3, -0.25) is 4.79 Å². The quantitative estimate of drug-likeness (QED) is 0.560. The minimum absolute atomic E-state index is 0.181. The van der Waals surface area contributed by atoms with Gasteiger partial charge in [-0.1, -0.05) is 32.4 Å². The molecule has 0 heterocycles. The smallest absolute Gasteiger partial charge is 0.165 e. The van der Waals surface area contributed by atoms with Crippen molar-refractivity contribution < 1.29 is 9.53 Å². The summed E-state index contributed by atoms with van der Waals surface area (Å²) in [4.78, 5) is 11.7. The number of carbonyl (C=O) groups excluding carboxylic acids is 1. The van der Waals surface area contributed by atoms with Crippen LogP contribution in [0.1, 0.15) is 46.5 Å². The Balaban J connectivity index is 4.06. The van der Waals surface area contributed by atoms with E-state index in [1.807, 2.05) is 13.8 Å². The van der Waals surface area contributed by atoms with Crippen molar-refractivity contribution in [3.05, 3.63) is 12.2 Å². The minimum atomic E-state index is -0.215. The molecule has 0 aliphatic carbocycles. The Morgan fingerprint density at radius 2 is 2.00 bits per heavy atom. The minimum Gasteiger partial charge on any atom is -0.371 e. The Morgan fingerprint density at radius 3 is 2.43 bits per heavy atom. The molecule has 0 amide bonds. The summed E-state index contributed by atoms with van der Waals surface area (Å²) in [6, 6.07) is 0. The molecule has 0 aliphatic rings. The average Bonchev–Trinajstić information content (AvgIpc) is 2.17. The van der Waals surface area contributed by atoms with E-state index in [4.69, 9.17) is 4.74 Å². The highest BCUT2D eigenvalue weighted by Gasteiger charge is 2.17. The molecule has 0 aromatic rings. The van der Waals surface area contributed by atoms with E-state index in [-0.39, 0.29) is 11.9 Å². The normalized spacial score (nSPS) is 12.5. The predicted octanol–water partition coefficient (Wildman–Crippen LogP) is 3.12. The van der Waals surface area contributed by atoms with Crippen LogP contribution in [-0.2, 0) is 9.53 Å². The van der Waals surface area contributed by atoms with Crippen LogP contribution in [0.25, 0.3) is 0 Å². The molecule has 0 saturated carbocycles. The fourth-order valence-corrected chi connectivity index (χ4v) is 1.29. The largest absolute Gasteiger partial charge is 0.371 e. The Hall–Kier alpha value is -0.630. The number of ketones is 1. The lowest BCUT2D eigenvalue weighted by Gasteiger charge is -2.15. The summed E-state index contributed by atoms with van der Waals surface area (Å²) in [7, 11) is 0. The van der Waals surface area contributed by atoms with Gasteiger partial charge in [-0.05, 0) is 19.8 Å². The van der Waals surface area contributed by atoms with Crippen molar-refractivity contribution in [3.8, 4) is 0 Å². The van der Waals surface area contributed by atoms with Crippen molar-refractivity contribution in [1.82, 2.24) is 0 Å². The second-order valence-corrected chi connectivity index (χ2v) is 3.48. The summed E-state index contributed by atoms with van der Waals surface area (Å²) in [6.07, 6.45) is 2.93. The lowest BCUT2D eigenvalue weighted by Crippen LogP contribution is -2.24. The SMILES string of the molecule is C=C(CC)CC(=O)C(CCC)OCC. The zero-order valence-electron chi connectivity index (χ0n) is 9.64. The molecule has 0 aliphatic heterocycles. The third-order valence-corrected chi connectivity index (χ3v) is 2.20. The standard InChI is InChI=1S/C12H22O2/c1-5-8-12(14-7-3)11(13)9-10(4)6-2/h12H,4-9H2,1-3H3. The number of carbonyl (C=O) groups is 1. The molecule has 1 atom stereocenters. The molecule has 0 fully saturated rings. The fourth-order valence-electron chi connectivity index (χ4n) is 1.29. The molecule has 0 spiro atoms.